The van der Waals surface area contributed by atoms with Crippen LogP contribution in [0.1, 0.15) is 17.0 Å². The fraction of sp³-hybridized carbons (Fsp3) is 0.455. The van der Waals surface area contributed by atoms with Gasteiger partial charge in [-0.05, 0) is 25.1 Å². The Kier molecular flexibility index (Phi) is 2.33. The summed E-state index contributed by atoms with van der Waals surface area (Å²) in [6.07, 6.45) is 1.01. The predicted octanol–water partition coefficient (Wildman–Crippen LogP) is 1.30. The van der Waals surface area contributed by atoms with Gasteiger partial charge in [0.2, 0.25) is 0 Å². The highest BCUT2D eigenvalue weighted by Gasteiger charge is 2.31. The van der Waals surface area contributed by atoms with Gasteiger partial charge in [-0.1, -0.05) is 0 Å². The lowest BCUT2D eigenvalue weighted by molar-refractivity contribution is 0.377. The number of nitrogens with two attached hydrogens (primary N) is 1. The maximum atomic E-state index is 5.67. The van der Waals surface area contributed by atoms with Gasteiger partial charge in [-0.3, -0.25) is 0 Å². The van der Waals surface area contributed by atoms with Crippen molar-refractivity contribution in [1.82, 2.24) is 0 Å². The molecule has 1 unspecified atom stereocenters. The molecule has 3 heteroatoms. The zero-order valence-electron chi connectivity index (χ0n) is 8.54. The monoisotopic (exact) mass is 193 g/mol. The van der Waals surface area contributed by atoms with Gasteiger partial charge >= 0.3 is 0 Å². The number of benzene rings is 1. The van der Waals surface area contributed by atoms with Crippen LogP contribution in [0.3, 0.4) is 0 Å². The van der Waals surface area contributed by atoms with E-state index >= 15 is 0 Å². The van der Waals surface area contributed by atoms with Gasteiger partial charge in [0.05, 0.1) is 14.2 Å². The van der Waals surface area contributed by atoms with Crippen molar-refractivity contribution in [1.29, 1.82) is 0 Å². The van der Waals surface area contributed by atoms with Crippen molar-refractivity contribution in [2.24, 2.45) is 5.73 Å². The number of fused-ring (bicyclic) bond motifs is 1. The average molecular weight is 193 g/mol. The summed E-state index contributed by atoms with van der Waals surface area (Å²) in [5.74, 6) is 2.32. The molecule has 0 heterocycles. The molecule has 0 fully saturated rings. The Morgan fingerprint density at radius 3 is 2.50 bits per heavy atom. The van der Waals surface area contributed by atoms with Crippen molar-refractivity contribution in [3.8, 4) is 11.5 Å². The Morgan fingerprint density at radius 1 is 1.29 bits per heavy atom. The fourth-order valence-electron chi connectivity index (χ4n) is 2.07. The molecule has 76 valence electrons. The highest BCUT2D eigenvalue weighted by Crippen LogP contribution is 2.45. The number of methoxy groups -OCH3 is 2. The first-order chi connectivity index (χ1) is 6.81. The molecule has 0 bridgehead atoms. The maximum Gasteiger partial charge on any atom is 0.122 e. The molecule has 0 spiro atoms. The van der Waals surface area contributed by atoms with E-state index in [2.05, 4.69) is 0 Å². The van der Waals surface area contributed by atoms with E-state index < -0.39 is 0 Å². The second kappa shape index (κ2) is 3.50. The standard InChI is InChI=1S/C11H15NO2/c1-13-9-3-4-10(14-2)11-7(6-12)5-8(9)11/h3-4,7H,5-6,12H2,1-2H3. The van der Waals surface area contributed by atoms with Gasteiger partial charge in [0, 0.05) is 17.0 Å². The van der Waals surface area contributed by atoms with Crippen molar-refractivity contribution in [2.75, 3.05) is 20.8 Å². The van der Waals surface area contributed by atoms with Crippen LogP contribution in [0.25, 0.3) is 0 Å². The van der Waals surface area contributed by atoms with Crippen molar-refractivity contribution in [3.63, 3.8) is 0 Å². The summed E-state index contributed by atoms with van der Waals surface area (Å²) in [4.78, 5) is 0. The molecule has 2 rings (SSSR count). The third kappa shape index (κ3) is 1.16. The van der Waals surface area contributed by atoms with Gasteiger partial charge in [0.1, 0.15) is 11.5 Å². The van der Waals surface area contributed by atoms with Gasteiger partial charge < -0.3 is 15.2 Å². The summed E-state index contributed by atoms with van der Waals surface area (Å²) in [5.41, 5.74) is 8.15. The zero-order chi connectivity index (χ0) is 10.1. The molecule has 0 radical (unpaired) electrons. The van der Waals surface area contributed by atoms with E-state index in [1.54, 1.807) is 14.2 Å². The number of ether oxygens (including phenoxy) is 2. The number of rotatable bonds is 3. The first-order valence-electron chi connectivity index (χ1n) is 4.75. The SMILES string of the molecule is COc1ccc(OC)c2c1CC2CN. The molecule has 0 aliphatic heterocycles. The van der Waals surface area contributed by atoms with Crippen LogP contribution in [-0.2, 0) is 6.42 Å². The molecular weight excluding hydrogens is 178 g/mol. The highest BCUT2D eigenvalue weighted by atomic mass is 16.5. The van der Waals surface area contributed by atoms with Crippen LogP contribution in [0.2, 0.25) is 0 Å². The van der Waals surface area contributed by atoms with Gasteiger partial charge in [-0.15, -0.1) is 0 Å². The summed E-state index contributed by atoms with van der Waals surface area (Å²) in [7, 11) is 3.38. The first-order valence-corrected chi connectivity index (χ1v) is 4.75. The third-order valence-electron chi connectivity index (χ3n) is 2.86. The Hall–Kier alpha value is -1.22. The summed E-state index contributed by atoms with van der Waals surface area (Å²) in [6.45, 7) is 0.677. The third-order valence-corrected chi connectivity index (χ3v) is 2.86. The highest BCUT2D eigenvalue weighted by molar-refractivity contribution is 5.57. The van der Waals surface area contributed by atoms with Gasteiger partial charge in [-0.2, -0.15) is 0 Å². The zero-order valence-corrected chi connectivity index (χ0v) is 8.54. The largest absolute Gasteiger partial charge is 0.496 e. The molecule has 0 amide bonds. The van der Waals surface area contributed by atoms with E-state index in [4.69, 9.17) is 15.2 Å². The Bertz CT molecular complexity index is 349. The van der Waals surface area contributed by atoms with E-state index in [0.717, 1.165) is 17.9 Å². The Balaban J connectivity index is 2.45. The maximum absolute atomic E-state index is 5.67. The summed E-state index contributed by atoms with van der Waals surface area (Å²) in [6, 6.07) is 3.89. The number of hydrogen-bond acceptors (Lipinski definition) is 3. The van der Waals surface area contributed by atoms with Crippen molar-refractivity contribution >= 4 is 0 Å². The topological polar surface area (TPSA) is 44.5 Å². The second-order valence-electron chi connectivity index (χ2n) is 3.50. The van der Waals surface area contributed by atoms with Crippen molar-refractivity contribution in [3.05, 3.63) is 23.3 Å². The van der Waals surface area contributed by atoms with Crippen LogP contribution in [-0.4, -0.2) is 20.8 Å². The molecule has 1 aliphatic carbocycles. The average Bonchev–Trinajstić information content (AvgIpc) is 2.19. The van der Waals surface area contributed by atoms with Crippen molar-refractivity contribution in [2.45, 2.75) is 12.3 Å². The van der Waals surface area contributed by atoms with Crippen LogP contribution in [0.15, 0.2) is 12.1 Å². The minimum atomic E-state index is 0.440. The molecule has 1 aliphatic rings. The van der Waals surface area contributed by atoms with Gasteiger partial charge in [-0.25, -0.2) is 0 Å². The van der Waals surface area contributed by atoms with E-state index in [1.807, 2.05) is 12.1 Å². The summed E-state index contributed by atoms with van der Waals surface area (Å²) in [5, 5.41) is 0. The smallest absolute Gasteiger partial charge is 0.122 e. The van der Waals surface area contributed by atoms with Crippen LogP contribution < -0.4 is 15.2 Å². The molecule has 0 saturated carbocycles. The normalized spacial score (nSPS) is 18.4. The van der Waals surface area contributed by atoms with Gasteiger partial charge in [0.15, 0.2) is 0 Å². The molecule has 1 atom stereocenters. The lowest BCUT2D eigenvalue weighted by Gasteiger charge is -2.32. The molecule has 3 nitrogen and oxygen atoms in total. The van der Waals surface area contributed by atoms with E-state index in [-0.39, 0.29) is 0 Å². The van der Waals surface area contributed by atoms with E-state index in [9.17, 15) is 0 Å². The molecule has 0 saturated heterocycles. The molecule has 1 aromatic rings. The number of hydrogen-bond donors (Lipinski definition) is 1. The van der Waals surface area contributed by atoms with E-state index in [1.165, 1.54) is 11.1 Å². The lowest BCUT2D eigenvalue weighted by atomic mass is 9.76. The fourth-order valence-corrected chi connectivity index (χ4v) is 2.07. The summed E-state index contributed by atoms with van der Waals surface area (Å²) < 4.78 is 10.6. The van der Waals surface area contributed by atoms with Gasteiger partial charge in [0.25, 0.3) is 0 Å². The first kappa shape index (κ1) is 9.34. The lowest BCUT2D eigenvalue weighted by Crippen LogP contribution is -2.26. The molecule has 14 heavy (non-hydrogen) atoms. The van der Waals surface area contributed by atoms with Crippen LogP contribution in [0.4, 0.5) is 0 Å². The second-order valence-corrected chi connectivity index (χ2v) is 3.50. The molecule has 2 N–H and O–H groups in total. The summed E-state index contributed by atoms with van der Waals surface area (Å²) >= 11 is 0. The Morgan fingerprint density at radius 2 is 1.93 bits per heavy atom. The quantitative estimate of drug-likeness (QED) is 0.787. The molecule has 1 aromatic carbocycles. The molecular formula is C11H15NO2. The molecule has 0 aromatic heterocycles. The predicted molar refractivity (Wildman–Crippen MR) is 55.0 cm³/mol. The van der Waals surface area contributed by atoms with Crippen LogP contribution in [0.5, 0.6) is 11.5 Å². The van der Waals surface area contributed by atoms with Crippen molar-refractivity contribution < 1.29 is 9.47 Å². The minimum Gasteiger partial charge on any atom is -0.496 e. The van der Waals surface area contributed by atoms with E-state index in [0.29, 0.717) is 12.5 Å². The Labute approximate surface area is 83.8 Å². The van der Waals surface area contributed by atoms with Crippen LogP contribution in [0, 0.1) is 0 Å². The van der Waals surface area contributed by atoms with Crippen LogP contribution >= 0.6 is 0 Å². The minimum absolute atomic E-state index is 0.440.